The van der Waals surface area contributed by atoms with E-state index >= 15 is 0 Å². The Bertz CT molecular complexity index is 762. The Morgan fingerprint density at radius 1 is 0.429 bits per heavy atom. The maximum Gasteiger partial charge on any atom is 0.171 e. The molecule has 1 aliphatic rings. The Morgan fingerprint density at radius 3 is 1.10 bits per heavy atom. The zero-order valence-electron chi connectivity index (χ0n) is 33.8. The first-order valence-corrected chi connectivity index (χ1v) is 21.2. The van der Waals surface area contributed by atoms with Crippen LogP contribution < -0.4 is 0 Å². The number of hydrogen-bond donors (Lipinski definition) is 0. The fraction of sp³-hybridized carbons (Fsp3) is 0.822. The van der Waals surface area contributed by atoms with Gasteiger partial charge >= 0.3 is 0 Å². The summed E-state index contributed by atoms with van der Waals surface area (Å²) >= 11 is 0. The molecule has 1 fully saturated rings. The van der Waals surface area contributed by atoms with E-state index in [1.165, 1.54) is 128 Å². The van der Waals surface area contributed by atoms with E-state index in [1.807, 2.05) is 0 Å². The number of unbranched alkanes of at least 4 members (excludes halogenated alkanes) is 16. The lowest BCUT2D eigenvalue weighted by Crippen LogP contribution is -2.38. The van der Waals surface area contributed by atoms with Crippen molar-refractivity contribution in [3.8, 4) is 0 Å². The van der Waals surface area contributed by atoms with Crippen molar-refractivity contribution in [2.24, 2.45) is 0 Å². The van der Waals surface area contributed by atoms with E-state index < -0.39 is 5.79 Å². The van der Waals surface area contributed by atoms with Crippen LogP contribution in [0.15, 0.2) is 48.6 Å². The second-order valence-electron chi connectivity index (χ2n) is 15.4. The van der Waals surface area contributed by atoms with Gasteiger partial charge in [-0.1, -0.05) is 140 Å². The Labute approximate surface area is 307 Å². The van der Waals surface area contributed by atoms with Crippen LogP contribution in [-0.2, 0) is 9.47 Å². The molecular formula is C45H84N2O2. The minimum atomic E-state index is -0.433. The van der Waals surface area contributed by atoms with Gasteiger partial charge in [-0.2, -0.15) is 0 Å². The quantitative estimate of drug-likeness (QED) is 0.0497. The maximum atomic E-state index is 6.95. The molecule has 1 rings (SSSR count). The molecule has 0 aromatic carbocycles. The number of rotatable bonds is 34. The van der Waals surface area contributed by atoms with Crippen molar-refractivity contribution in [3.63, 3.8) is 0 Å². The summed E-state index contributed by atoms with van der Waals surface area (Å²) < 4.78 is 13.9. The summed E-state index contributed by atoms with van der Waals surface area (Å²) in [5.41, 5.74) is 0. The molecule has 0 saturated carbocycles. The summed E-state index contributed by atoms with van der Waals surface area (Å²) in [4.78, 5) is 4.54. The molecule has 286 valence electrons. The van der Waals surface area contributed by atoms with Crippen LogP contribution in [0.1, 0.15) is 181 Å². The maximum absolute atomic E-state index is 6.95. The minimum absolute atomic E-state index is 0.244. The van der Waals surface area contributed by atoms with E-state index in [-0.39, 0.29) is 12.2 Å². The third kappa shape index (κ3) is 27.2. The lowest BCUT2D eigenvalue weighted by Gasteiger charge is -2.31. The van der Waals surface area contributed by atoms with E-state index in [0.717, 1.165) is 51.6 Å². The first-order valence-electron chi connectivity index (χ1n) is 21.2. The van der Waals surface area contributed by atoms with E-state index in [2.05, 4.69) is 100 Å². The second-order valence-corrected chi connectivity index (χ2v) is 15.4. The fourth-order valence-electron chi connectivity index (χ4n) is 6.68. The second kappa shape index (κ2) is 32.7. The molecule has 0 radical (unpaired) electrons. The smallest absolute Gasteiger partial charge is 0.171 e. The highest BCUT2D eigenvalue weighted by Gasteiger charge is 2.46. The van der Waals surface area contributed by atoms with Crippen LogP contribution >= 0.6 is 0 Å². The Kier molecular flexibility index (Phi) is 30.6. The molecule has 0 aromatic heterocycles. The predicted molar refractivity (Wildman–Crippen MR) is 218 cm³/mol. The van der Waals surface area contributed by atoms with E-state index in [4.69, 9.17) is 9.47 Å². The summed E-state index contributed by atoms with van der Waals surface area (Å²) in [6, 6.07) is 0. The number of nitrogens with zero attached hydrogens (tertiary/aromatic N) is 2. The summed E-state index contributed by atoms with van der Waals surface area (Å²) in [6.07, 6.45) is 51.7. The zero-order chi connectivity index (χ0) is 35.7. The van der Waals surface area contributed by atoms with Crippen molar-refractivity contribution in [2.75, 3.05) is 41.3 Å². The monoisotopic (exact) mass is 685 g/mol. The molecule has 4 heteroatoms. The molecule has 1 heterocycles. The van der Waals surface area contributed by atoms with Gasteiger partial charge in [-0.15, -0.1) is 0 Å². The summed E-state index contributed by atoms with van der Waals surface area (Å²) in [6.45, 7) is 6.54. The average Bonchev–Trinajstić information content (AvgIpc) is 3.43. The molecular weight excluding hydrogens is 601 g/mol. The van der Waals surface area contributed by atoms with Crippen molar-refractivity contribution in [1.29, 1.82) is 0 Å². The number of hydrogen-bond acceptors (Lipinski definition) is 4. The Balaban J connectivity index is 2.40. The predicted octanol–water partition coefficient (Wildman–Crippen LogP) is 13.0. The van der Waals surface area contributed by atoms with Gasteiger partial charge in [0.15, 0.2) is 5.79 Å². The van der Waals surface area contributed by atoms with E-state index in [0.29, 0.717) is 0 Å². The summed E-state index contributed by atoms with van der Waals surface area (Å²) in [5.74, 6) is -0.433. The van der Waals surface area contributed by atoms with Crippen LogP contribution in [0.5, 0.6) is 0 Å². The molecule has 0 N–H and O–H groups in total. The standard InChI is InChI=1S/C45H84N2O2/c1-7-9-11-13-15-17-19-21-23-25-27-29-31-33-35-37-43-44(49-45(48-43,39-41-46(3)4)40-42-47(5)6)38-36-34-32-30-28-26-24-22-20-18-16-14-12-10-8-2/h15-18,21-24,43-44H,7-14,19-20,25-42H2,1-6H3. The van der Waals surface area contributed by atoms with Crippen molar-refractivity contribution in [2.45, 2.75) is 199 Å². The molecule has 1 aliphatic heterocycles. The fourth-order valence-corrected chi connectivity index (χ4v) is 6.68. The minimum Gasteiger partial charge on any atom is -0.344 e. The third-order valence-corrected chi connectivity index (χ3v) is 9.91. The van der Waals surface area contributed by atoms with Gasteiger partial charge in [-0.3, -0.25) is 0 Å². The summed E-state index contributed by atoms with van der Waals surface area (Å²) in [5, 5.41) is 0. The molecule has 2 atom stereocenters. The van der Waals surface area contributed by atoms with Gasteiger partial charge in [0.1, 0.15) is 0 Å². The molecule has 1 saturated heterocycles. The SMILES string of the molecule is CCCCCC=CCC=CCCCCCCCC1OC(CCN(C)C)(CCN(C)C)OC1CCCCCCCC=CCC=CCCCCC. The zero-order valence-corrected chi connectivity index (χ0v) is 33.8. The van der Waals surface area contributed by atoms with E-state index in [1.54, 1.807) is 0 Å². The van der Waals surface area contributed by atoms with Gasteiger partial charge in [0.2, 0.25) is 0 Å². The van der Waals surface area contributed by atoms with Crippen LogP contribution in [0.25, 0.3) is 0 Å². The van der Waals surface area contributed by atoms with Crippen LogP contribution in [-0.4, -0.2) is 69.1 Å². The highest BCUT2D eigenvalue weighted by Crippen LogP contribution is 2.39. The van der Waals surface area contributed by atoms with Gasteiger partial charge in [0, 0.05) is 25.9 Å². The van der Waals surface area contributed by atoms with Crippen molar-refractivity contribution >= 4 is 0 Å². The largest absolute Gasteiger partial charge is 0.344 e. The third-order valence-electron chi connectivity index (χ3n) is 9.91. The molecule has 0 aliphatic carbocycles. The van der Waals surface area contributed by atoms with Gasteiger partial charge in [0.05, 0.1) is 12.2 Å². The first-order chi connectivity index (χ1) is 23.9. The van der Waals surface area contributed by atoms with Gasteiger partial charge in [-0.25, -0.2) is 0 Å². The van der Waals surface area contributed by atoms with Crippen LogP contribution in [0.4, 0.5) is 0 Å². The molecule has 0 amide bonds. The highest BCUT2D eigenvalue weighted by molar-refractivity contribution is 4.94. The van der Waals surface area contributed by atoms with Crippen molar-refractivity contribution in [1.82, 2.24) is 9.80 Å². The van der Waals surface area contributed by atoms with Crippen LogP contribution in [0.3, 0.4) is 0 Å². The topological polar surface area (TPSA) is 24.9 Å². The molecule has 0 aromatic rings. The lowest BCUT2D eigenvalue weighted by atomic mass is 9.99. The number of allylic oxidation sites excluding steroid dienone is 8. The normalized spacial score (nSPS) is 18.3. The van der Waals surface area contributed by atoms with Crippen LogP contribution in [0, 0.1) is 0 Å². The first kappa shape index (κ1) is 45.8. The van der Waals surface area contributed by atoms with E-state index in [9.17, 15) is 0 Å². The lowest BCUT2D eigenvalue weighted by molar-refractivity contribution is -0.188. The molecule has 2 unspecified atom stereocenters. The Hall–Kier alpha value is -1.20. The summed E-state index contributed by atoms with van der Waals surface area (Å²) in [7, 11) is 8.64. The Morgan fingerprint density at radius 2 is 0.755 bits per heavy atom. The van der Waals surface area contributed by atoms with Gasteiger partial charge in [0.25, 0.3) is 0 Å². The highest BCUT2D eigenvalue weighted by atomic mass is 16.8. The average molecular weight is 685 g/mol. The molecule has 4 nitrogen and oxygen atoms in total. The number of ether oxygens (including phenoxy) is 2. The molecule has 0 spiro atoms. The van der Waals surface area contributed by atoms with Crippen LogP contribution in [0.2, 0.25) is 0 Å². The molecule has 49 heavy (non-hydrogen) atoms. The van der Waals surface area contributed by atoms with Crippen molar-refractivity contribution in [3.05, 3.63) is 48.6 Å². The van der Waals surface area contributed by atoms with Crippen molar-refractivity contribution < 1.29 is 9.47 Å². The van der Waals surface area contributed by atoms with Gasteiger partial charge < -0.3 is 19.3 Å². The van der Waals surface area contributed by atoms with Gasteiger partial charge in [-0.05, 0) is 105 Å². The molecule has 0 bridgehead atoms.